The molecule has 0 atom stereocenters. The fraction of sp³-hybridized carbons (Fsp3) is 0. The Morgan fingerprint density at radius 3 is 1.88 bits per heavy atom. The number of rotatable bonds is 6. The highest BCUT2D eigenvalue weighted by Gasteiger charge is 2.20. The third-order valence-corrected chi connectivity index (χ3v) is 11.2. The molecule has 8 aromatic carbocycles. The topological polar surface area (TPSA) is 43.6 Å². The Labute approximate surface area is 340 Å². The molecule has 0 saturated carbocycles. The van der Waals surface area contributed by atoms with Crippen molar-refractivity contribution in [2.24, 2.45) is 0 Å². The summed E-state index contributed by atoms with van der Waals surface area (Å²) < 4.78 is 83.6. The van der Waals surface area contributed by atoms with E-state index in [1.165, 1.54) is 10.1 Å². The van der Waals surface area contributed by atoms with E-state index in [4.69, 9.17) is 24.5 Å². The number of aromatic nitrogens is 4. The number of nitrogens with zero attached hydrogens (tertiary/aromatic N) is 4. The highest BCUT2D eigenvalue weighted by Crippen LogP contribution is 2.41. The lowest BCUT2D eigenvalue weighted by Crippen LogP contribution is -2.02. The van der Waals surface area contributed by atoms with Crippen LogP contribution in [0.4, 0.5) is 0 Å². The zero-order valence-corrected chi connectivity index (χ0v) is 30.3. The fourth-order valence-electron chi connectivity index (χ4n) is 7.49. The fourth-order valence-corrected chi connectivity index (χ4v) is 8.64. The second-order valence-electron chi connectivity index (χ2n) is 13.4. The number of hydrogen-bond acceptors (Lipinski definition) is 4. The van der Waals surface area contributed by atoms with Gasteiger partial charge < -0.3 is 4.57 Å². The molecular weight excluding hydrogens is 701 g/mol. The minimum atomic E-state index is -0.536. The molecule has 262 valence electrons. The van der Waals surface area contributed by atoms with Gasteiger partial charge in [-0.1, -0.05) is 158 Å². The van der Waals surface area contributed by atoms with E-state index in [2.05, 4.69) is 24.3 Å². The van der Waals surface area contributed by atoms with Crippen molar-refractivity contribution < 1.29 is 12.3 Å². The molecule has 0 aliphatic rings. The SMILES string of the molecule is [2H]c1c([2H])c([2H])c(-c2cccc3c4c([2H])c([2H])c([2H])c([2H])c4n(-c4cc(-c5ccccc5)cc(-c5nc(-c6ccccc6)nc(-c6ccc7c(c6)sc6ccccc67)n5)c4)c23)c([2H])c1[2H]. The third-order valence-electron chi connectivity index (χ3n) is 10.0. The van der Waals surface area contributed by atoms with Crippen molar-refractivity contribution in [1.82, 2.24) is 19.5 Å². The zero-order chi connectivity index (χ0) is 44.8. The second-order valence-corrected chi connectivity index (χ2v) is 14.5. The van der Waals surface area contributed by atoms with Gasteiger partial charge in [0.1, 0.15) is 0 Å². The highest BCUT2D eigenvalue weighted by molar-refractivity contribution is 7.25. The average molecular weight is 742 g/mol. The maximum atomic E-state index is 9.38. The molecule has 0 bridgehead atoms. The summed E-state index contributed by atoms with van der Waals surface area (Å²) in [5.41, 5.74) is 4.87. The molecule has 3 heterocycles. The van der Waals surface area contributed by atoms with Crippen molar-refractivity contribution in [3.8, 4) is 62.1 Å². The number of thiophene rings is 1. The van der Waals surface area contributed by atoms with Crippen molar-refractivity contribution in [3.63, 3.8) is 0 Å². The van der Waals surface area contributed by atoms with Crippen LogP contribution in [-0.2, 0) is 0 Å². The van der Waals surface area contributed by atoms with E-state index in [9.17, 15) is 2.74 Å². The minimum absolute atomic E-state index is 0.0643. The summed E-state index contributed by atoms with van der Waals surface area (Å²) in [6, 6.07) is 40.8. The Kier molecular flexibility index (Phi) is 5.75. The monoisotopic (exact) mass is 741 g/mol. The molecule has 56 heavy (non-hydrogen) atoms. The molecule has 4 nitrogen and oxygen atoms in total. The molecule has 5 heteroatoms. The predicted molar refractivity (Wildman–Crippen MR) is 234 cm³/mol. The van der Waals surface area contributed by atoms with Gasteiger partial charge in [0.25, 0.3) is 0 Å². The Morgan fingerprint density at radius 2 is 1.05 bits per heavy atom. The summed E-state index contributed by atoms with van der Waals surface area (Å²) in [6.45, 7) is 0. The molecule has 0 spiro atoms. The Hall–Kier alpha value is -7.21. The molecule has 0 unspecified atom stereocenters. The van der Waals surface area contributed by atoms with Gasteiger partial charge in [-0.25, -0.2) is 15.0 Å². The molecule has 11 rings (SSSR count). The van der Waals surface area contributed by atoms with E-state index in [1.54, 1.807) is 34.1 Å². The van der Waals surface area contributed by atoms with Gasteiger partial charge in [-0.2, -0.15) is 0 Å². The van der Waals surface area contributed by atoms with Gasteiger partial charge in [-0.05, 0) is 53.1 Å². The molecule has 11 aromatic rings. The van der Waals surface area contributed by atoms with Crippen LogP contribution in [0, 0.1) is 0 Å². The van der Waals surface area contributed by atoms with Gasteiger partial charge in [0, 0.05) is 58.9 Å². The number of fused-ring (bicyclic) bond motifs is 6. The molecular formula is C51H32N4S. The van der Waals surface area contributed by atoms with Crippen LogP contribution in [-0.4, -0.2) is 19.5 Å². The van der Waals surface area contributed by atoms with E-state index in [1.807, 2.05) is 97.1 Å². The molecule has 0 N–H and O–H groups in total. The van der Waals surface area contributed by atoms with Crippen molar-refractivity contribution in [1.29, 1.82) is 0 Å². The van der Waals surface area contributed by atoms with Crippen LogP contribution in [0.3, 0.4) is 0 Å². The van der Waals surface area contributed by atoms with E-state index in [0.717, 1.165) is 32.3 Å². The first-order chi connectivity index (χ1) is 31.5. The van der Waals surface area contributed by atoms with Gasteiger partial charge in [-0.15, -0.1) is 11.3 Å². The van der Waals surface area contributed by atoms with Crippen molar-refractivity contribution >= 4 is 53.3 Å². The summed E-state index contributed by atoms with van der Waals surface area (Å²) in [5.74, 6) is 1.25. The molecule has 0 aliphatic heterocycles. The summed E-state index contributed by atoms with van der Waals surface area (Å²) >= 11 is 1.70. The van der Waals surface area contributed by atoms with Gasteiger partial charge in [-0.3, -0.25) is 0 Å². The van der Waals surface area contributed by atoms with Crippen molar-refractivity contribution in [3.05, 3.63) is 194 Å². The van der Waals surface area contributed by atoms with Gasteiger partial charge in [0.2, 0.25) is 0 Å². The molecule has 0 amide bonds. The number of hydrogen-bond donors (Lipinski definition) is 0. The molecule has 0 saturated heterocycles. The second kappa shape index (κ2) is 13.3. The van der Waals surface area contributed by atoms with Crippen LogP contribution >= 0.6 is 11.3 Å². The highest BCUT2D eigenvalue weighted by atomic mass is 32.1. The van der Waals surface area contributed by atoms with E-state index >= 15 is 0 Å². The van der Waals surface area contributed by atoms with Crippen molar-refractivity contribution in [2.75, 3.05) is 0 Å². The molecule has 0 aliphatic carbocycles. The van der Waals surface area contributed by atoms with Gasteiger partial charge in [0.05, 0.1) is 23.4 Å². The Balaban J connectivity index is 1.24. The van der Waals surface area contributed by atoms with E-state index < -0.39 is 42.3 Å². The summed E-state index contributed by atoms with van der Waals surface area (Å²) in [7, 11) is 0. The Morgan fingerprint density at radius 1 is 0.411 bits per heavy atom. The van der Waals surface area contributed by atoms with Crippen LogP contribution in [0.5, 0.6) is 0 Å². The van der Waals surface area contributed by atoms with Crippen molar-refractivity contribution in [2.45, 2.75) is 0 Å². The Bertz CT molecular complexity index is 3750. The third kappa shape index (κ3) is 5.48. The van der Waals surface area contributed by atoms with Crippen LogP contribution in [0.2, 0.25) is 0 Å². The lowest BCUT2D eigenvalue weighted by Gasteiger charge is -2.16. The lowest BCUT2D eigenvalue weighted by molar-refractivity contribution is 1.07. The lowest BCUT2D eigenvalue weighted by atomic mass is 10.0. The van der Waals surface area contributed by atoms with Gasteiger partial charge >= 0.3 is 0 Å². The maximum Gasteiger partial charge on any atom is 0.164 e. The molecule has 0 radical (unpaired) electrons. The van der Waals surface area contributed by atoms with Crippen LogP contribution < -0.4 is 0 Å². The van der Waals surface area contributed by atoms with Crippen LogP contribution in [0.25, 0.3) is 104 Å². The van der Waals surface area contributed by atoms with E-state index in [0.29, 0.717) is 39.6 Å². The summed E-state index contributed by atoms with van der Waals surface area (Å²) in [6.07, 6.45) is 0. The molecule has 0 fully saturated rings. The first-order valence-electron chi connectivity index (χ1n) is 22.5. The van der Waals surface area contributed by atoms with Gasteiger partial charge in [0.15, 0.2) is 17.5 Å². The first-order valence-corrected chi connectivity index (χ1v) is 18.9. The zero-order valence-electron chi connectivity index (χ0n) is 38.5. The summed E-state index contributed by atoms with van der Waals surface area (Å²) in [5, 5.41) is 2.94. The van der Waals surface area contributed by atoms with Crippen LogP contribution in [0.1, 0.15) is 12.3 Å². The predicted octanol–water partition coefficient (Wildman–Crippen LogP) is 13.7. The largest absolute Gasteiger partial charge is 0.309 e. The van der Waals surface area contributed by atoms with E-state index in [-0.39, 0.29) is 34.1 Å². The number of para-hydroxylation sites is 2. The smallest absolute Gasteiger partial charge is 0.164 e. The normalized spacial score (nSPS) is 13.8. The quantitative estimate of drug-likeness (QED) is 0.170. The number of benzene rings is 8. The minimum Gasteiger partial charge on any atom is -0.309 e. The average Bonchev–Trinajstić information content (AvgIpc) is 3.91. The summed E-state index contributed by atoms with van der Waals surface area (Å²) in [4.78, 5) is 15.3. The molecule has 3 aromatic heterocycles. The maximum absolute atomic E-state index is 9.38. The van der Waals surface area contributed by atoms with Crippen LogP contribution in [0.15, 0.2) is 194 Å². The first kappa shape index (κ1) is 24.2. The standard InChI is InChI=1S/C51H32N4S/c1-4-15-33(16-5-1)37-29-38(31-39(30-37)55-45-25-12-10-21-41(45)44-24-14-23-40(48(44)55)34-17-6-2-7-18-34)51-53-49(35-19-8-3-9-20-35)52-50(54-51)36-27-28-43-42-22-11-13-26-46(42)56-47(43)32-36/h1-32H/i2D,6D,7D,10D,12D,17D,18D,21D,25D.